The van der Waals surface area contributed by atoms with Crippen molar-refractivity contribution >= 4 is 16.8 Å². The van der Waals surface area contributed by atoms with Gasteiger partial charge >= 0.3 is 5.69 Å². The summed E-state index contributed by atoms with van der Waals surface area (Å²) in [4.78, 5) is 32.3. The Morgan fingerprint density at radius 3 is 2.77 bits per heavy atom. The fourth-order valence-corrected chi connectivity index (χ4v) is 4.76. The summed E-state index contributed by atoms with van der Waals surface area (Å²) < 4.78 is 2.89. The van der Waals surface area contributed by atoms with Crippen LogP contribution in [0.2, 0.25) is 0 Å². The van der Waals surface area contributed by atoms with E-state index in [9.17, 15) is 20.0 Å². The number of nitrogens with zero attached hydrogens (tertiary/aromatic N) is 5. The van der Waals surface area contributed by atoms with Crippen LogP contribution in [0.1, 0.15) is 50.5 Å². The highest BCUT2D eigenvalue weighted by Gasteiger charge is 2.50. The van der Waals surface area contributed by atoms with E-state index >= 15 is 0 Å². The van der Waals surface area contributed by atoms with E-state index in [1.807, 2.05) is 20.8 Å². The molecule has 8 nitrogen and oxygen atoms in total. The van der Waals surface area contributed by atoms with E-state index in [0.717, 1.165) is 0 Å². The molecule has 8 heteroatoms. The van der Waals surface area contributed by atoms with Crippen LogP contribution in [0.4, 0.5) is 0 Å². The monoisotopic (exact) mass is 403 g/mol. The molecule has 30 heavy (non-hydrogen) atoms. The van der Waals surface area contributed by atoms with Crippen molar-refractivity contribution in [2.75, 3.05) is 6.54 Å². The molecule has 1 saturated heterocycles. The molecular weight excluding hydrogens is 382 g/mol. The van der Waals surface area contributed by atoms with Crippen molar-refractivity contribution in [2.45, 2.75) is 39.3 Å². The Bertz CT molecular complexity index is 1320. The predicted molar refractivity (Wildman–Crippen MR) is 109 cm³/mol. The zero-order chi connectivity index (χ0) is 21.4. The Balaban J connectivity index is 1.70. The van der Waals surface area contributed by atoms with Gasteiger partial charge < -0.3 is 10.0 Å². The SMILES string of the molecule is CC(C)(C)C(=O)N1CC2CC1c1c(O)n(-c3ccc(C#N)c4ncccc34)c(=O)n12. The molecular formula is C22H21N5O3. The summed E-state index contributed by atoms with van der Waals surface area (Å²) in [5, 5.41) is 21.1. The van der Waals surface area contributed by atoms with Gasteiger partial charge in [-0.15, -0.1) is 0 Å². The number of imidazole rings is 1. The summed E-state index contributed by atoms with van der Waals surface area (Å²) in [5.74, 6) is -0.150. The van der Waals surface area contributed by atoms with Gasteiger partial charge in [0.2, 0.25) is 11.8 Å². The van der Waals surface area contributed by atoms with E-state index in [-0.39, 0.29) is 29.6 Å². The number of hydrogen-bond acceptors (Lipinski definition) is 5. The topological polar surface area (TPSA) is 104 Å². The molecule has 2 aliphatic heterocycles. The van der Waals surface area contributed by atoms with Crippen LogP contribution >= 0.6 is 0 Å². The minimum absolute atomic E-state index is 0.00821. The van der Waals surface area contributed by atoms with Crippen LogP contribution in [0.5, 0.6) is 5.88 Å². The average Bonchev–Trinajstić information content (AvgIpc) is 3.37. The van der Waals surface area contributed by atoms with Crippen LogP contribution in [0, 0.1) is 16.7 Å². The Morgan fingerprint density at radius 1 is 1.30 bits per heavy atom. The number of nitriles is 1. The molecule has 152 valence electrons. The third kappa shape index (κ3) is 2.29. The fraction of sp³-hybridized carbons (Fsp3) is 0.364. The molecule has 1 aromatic carbocycles. The second-order valence-electron chi connectivity index (χ2n) is 8.95. The number of carbonyl (C=O) groups is 1. The molecule has 2 aliphatic rings. The molecule has 4 heterocycles. The van der Waals surface area contributed by atoms with Crippen molar-refractivity contribution in [3.05, 3.63) is 52.2 Å². The molecule has 1 amide bonds. The minimum atomic E-state index is -0.539. The van der Waals surface area contributed by atoms with Crippen LogP contribution < -0.4 is 5.69 Å². The molecule has 3 aromatic rings. The minimum Gasteiger partial charge on any atom is -0.493 e. The quantitative estimate of drug-likeness (QED) is 0.673. The van der Waals surface area contributed by atoms with Crippen molar-refractivity contribution in [2.24, 2.45) is 5.41 Å². The Morgan fingerprint density at radius 2 is 2.07 bits per heavy atom. The molecule has 5 rings (SSSR count). The lowest BCUT2D eigenvalue weighted by Gasteiger charge is -2.32. The zero-order valence-corrected chi connectivity index (χ0v) is 17.0. The summed E-state index contributed by atoms with van der Waals surface area (Å²) in [6, 6.07) is 8.39. The number of rotatable bonds is 1. The molecule has 2 bridgehead atoms. The smallest absolute Gasteiger partial charge is 0.336 e. The van der Waals surface area contributed by atoms with Gasteiger partial charge in [0.05, 0.1) is 28.9 Å². The van der Waals surface area contributed by atoms with Gasteiger partial charge in [-0.2, -0.15) is 5.26 Å². The summed E-state index contributed by atoms with van der Waals surface area (Å²) in [6.07, 6.45) is 2.22. The van der Waals surface area contributed by atoms with Gasteiger partial charge in [-0.05, 0) is 30.7 Å². The average molecular weight is 403 g/mol. The van der Waals surface area contributed by atoms with Gasteiger partial charge in [0, 0.05) is 23.5 Å². The number of aromatic hydroxyl groups is 1. The number of likely N-dealkylation sites (tertiary alicyclic amines) is 1. The highest BCUT2D eigenvalue weighted by molar-refractivity contribution is 5.91. The Labute approximate surface area is 172 Å². The molecule has 2 unspecified atom stereocenters. The Hall–Kier alpha value is -3.60. The van der Waals surface area contributed by atoms with E-state index in [2.05, 4.69) is 11.1 Å². The summed E-state index contributed by atoms with van der Waals surface area (Å²) >= 11 is 0. The number of fused-ring (bicyclic) bond motifs is 6. The molecule has 1 N–H and O–H groups in total. The summed E-state index contributed by atoms with van der Waals surface area (Å²) in [7, 11) is 0. The molecule has 2 aromatic heterocycles. The first-order chi connectivity index (χ1) is 14.2. The molecule has 0 aliphatic carbocycles. The van der Waals surface area contributed by atoms with Crippen LogP contribution in [0.15, 0.2) is 35.3 Å². The normalized spacial score (nSPS) is 19.9. The maximum Gasteiger partial charge on any atom is 0.336 e. The van der Waals surface area contributed by atoms with Gasteiger partial charge in [0.25, 0.3) is 0 Å². The lowest BCUT2D eigenvalue weighted by Crippen LogP contribution is -2.43. The second kappa shape index (κ2) is 5.95. The molecule has 0 spiro atoms. The van der Waals surface area contributed by atoms with E-state index in [1.165, 1.54) is 4.57 Å². The standard InChI is InChI=1S/C22H21N5O3/c1-22(2,3)20(29)25-11-13-9-16(25)18-19(28)27(21(30)26(13)18)15-7-6-12(10-23)17-14(15)5-4-8-24-17/h4-8,13,16,28H,9,11H2,1-3H3. The van der Waals surface area contributed by atoms with E-state index in [0.29, 0.717) is 40.8 Å². The van der Waals surface area contributed by atoms with E-state index in [4.69, 9.17) is 0 Å². The van der Waals surface area contributed by atoms with E-state index in [1.54, 1.807) is 39.9 Å². The molecule has 0 radical (unpaired) electrons. The maximum atomic E-state index is 13.3. The third-order valence-corrected chi connectivity index (χ3v) is 6.07. The van der Waals surface area contributed by atoms with Crippen LogP contribution in [0.3, 0.4) is 0 Å². The lowest BCUT2D eigenvalue weighted by atomic mass is 9.94. The van der Waals surface area contributed by atoms with Crippen LogP contribution in [0.25, 0.3) is 16.6 Å². The fourth-order valence-electron chi connectivity index (χ4n) is 4.76. The summed E-state index contributed by atoms with van der Waals surface area (Å²) in [5.41, 5.74) is 0.943. The van der Waals surface area contributed by atoms with Gasteiger partial charge in [0.15, 0.2) is 0 Å². The highest BCUT2D eigenvalue weighted by atomic mass is 16.3. The number of amides is 1. The largest absolute Gasteiger partial charge is 0.493 e. The predicted octanol–water partition coefficient (Wildman–Crippen LogP) is 2.64. The number of pyridine rings is 1. The van der Waals surface area contributed by atoms with Crippen LogP contribution in [-0.2, 0) is 4.79 Å². The van der Waals surface area contributed by atoms with Gasteiger partial charge in [0.1, 0.15) is 11.8 Å². The van der Waals surface area contributed by atoms with Gasteiger partial charge in [-0.3, -0.25) is 14.3 Å². The second-order valence-corrected chi connectivity index (χ2v) is 8.95. The maximum absolute atomic E-state index is 13.3. The van der Waals surface area contributed by atoms with Crippen LogP contribution in [-0.4, -0.2) is 36.6 Å². The highest BCUT2D eigenvalue weighted by Crippen LogP contribution is 2.49. The number of aromatic nitrogens is 3. The first-order valence-electron chi connectivity index (χ1n) is 9.89. The third-order valence-electron chi connectivity index (χ3n) is 6.07. The van der Waals surface area contributed by atoms with E-state index < -0.39 is 5.41 Å². The van der Waals surface area contributed by atoms with Gasteiger partial charge in [-0.25, -0.2) is 9.36 Å². The van der Waals surface area contributed by atoms with Crippen molar-refractivity contribution in [3.8, 4) is 17.6 Å². The molecule has 2 atom stereocenters. The number of benzene rings is 1. The van der Waals surface area contributed by atoms with Crippen molar-refractivity contribution < 1.29 is 9.90 Å². The van der Waals surface area contributed by atoms with Gasteiger partial charge in [-0.1, -0.05) is 20.8 Å². The Kier molecular flexibility index (Phi) is 3.66. The van der Waals surface area contributed by atoms with Crippen molar-refractivity contribution in [3.63, 3.8) is 0 Å². The first-order valence-corrected chi connectivity index (χ1v) is 9.89. The molecule has 1 fully saturated rings. The van der Waals surface area contributed by atoms with Crippen molar-refractivity contribution in [1.29, 1.82) is 5.26 Å². The van der Waals surface area contributed by atoms with Crippen molar-refractivity contribution in [1.82, 2.24) is 19.0 Å². The first kappa shape index (κ1) is 18.4. The number of hydrogen-bond donors (Lipinski definition) is 1. The molecule has 0 saturated carbocycles. The zero-order valence-electron chi connectivity index (χ0n) is 17.0. The lowest BCUT2D eigenvalue weighted by molar-refractivity contribution is -0.141. The number of carbonyl (C=O) groups excluding carboxylic acids is 1. The summed E-state index contributed by atoms with van der Waals surface area (Å²) in [6.45, 7) is 6.08.